The number of hydrogen-bond acceptors (Lipinski definition) is 4. The van der Waals surface area contributed by atoms with Crippen molar-refractivity contribution >= 4 is 14.2 Å². The summed E-state index contributed by atoms with van der Waals surface area (Å²) in [6.07, 6.45) is 2.47. The summed E-state index contributed by atoms with van der Waals surface area (Å²) < 4.78 is 11.0. The van der Waals surface area contributed by atoms with Gasteiger partial charge in [0.05, 0.1) is 36.3 Å². The summed E-state index contributed by atoms with van der Waals surface area (Å²) in [6, 6.07) is 8.73. The first kappa shape index (κ1) is 23.1. The van der Waals surface area contributed by atoms with Crippen LogP contribution in [0.3, 0.4) is 0 Å². The molecular formula is C25H34N4O4Si. The first-order valence-electron chi connectivity index (χ1n) is 12.1. The van der Waals surface area contributed by atoms with Crippen LogP contribution < -0.4 is 11.4 Å². The zero-order valence-electron chi connectivity index (χ0n) is 20.8. The molecule has 2 saturated heterocycles. The fraction of sp³-hybridized carbons (Fsp3) is 0.560. The predicted molar refractivity (Wildman–Crippen MR) is 133 cm³/mol. The fourth-order valence-corrected chi connectivity index (χ4v) is 6.91. The second kappa shape index (κ2) is 7.68. The third-order valence-electron chi connectivity index (χ3n) is 8.28. The molecule has 0 spiro atoms. The van der Waals surface area contributed by atoms with E-state index in [1.165, 1.54) is 9.25 Å². The van der Waals surface area contributed by atoms with Crippen LogP contribution in [0.15, 0.2) is 51.6 Å². The van der Waals surface area contributed by atoms with Gasteiger partial charge in [-0.15, -0.1) is 0 Å². The highest BCUT2D eigenvalue weighted by atomic mass is 28.4. The van der Waals surface area contributed by atoms with Gasteiger partial charge in [0.15, 0.2) is 8.32 Å². The lowest BCUT2D eigenvalue weighted by Crippen LogP contribution is -2.69. The highest BCUT2D eigenvalue weighted by Gasteiger charge is 2.57. The lowest BCUT2D eigenvalue weighted by atomic mass is 9.73. The Kier molecular flexibility index (Phi) is 5.22. The summed E-state index contributed by atoms with van der Waals surface area (Å²) in [5.41, 5.74) is 0.977. The minimum atomic E-state index is -2.05. The Morgan fingerprint density at radius 1 is 1.06 bits per heavy atom. The number of nitrogens with zero attached hydrogens (tertiary/aromatic N) is 4. The highest BCUT2D eigenvalue weighted by Crippen LogP contribution is 2.47. The molecule has 4 atom stereocenters. The molecular weight excluding hydrogens is 448 g/mol. The minimum Gasteiger partial charge on any atom is -0.413 e. The Balaban J connectivity index is 1.48. The number of aromatic nitrogens is 3. The predicted octanol–water partition coefficient (Wildman–Crippen LogP) is 2.92. The van der Waals surface area contributed by atoms with Gasteiger partial charge in [-0.2, -0.15) is 0 Å². The van der Waals surface area contributed by atoms with Gasteiger partial charge in [0.1, 0.15) is 0 Å². The molecule has 9 heteroatoms. The molecule has 0 N–H and O–H groups in total. The molecule has 8 nitrogen and oxygen atoms in total. The van der Waals surface area contributed by atoms with E-state index < -0.39 is 8.32 Å². The van der Waals surface area contributed by atoms with Gasteiger partial charge in [0.2, 0.25) is 5.91 Å². The van der Waals surface area contributed by atoms with E-state index in [0.29, 0.717) is 25.2 Å². The molecule has 1 aromatic heterocycles. The number of carbonyl (C=O) groups excluding carboxylic acids is 1. The van der Waals surface area contributed by atoms with Crippen molar-refractivity contribution in [2.45, 2.75) is 77.0 Å². The SMILES string of the molecule is C[C@@H](O[Si](C)(C)C(C)(C)C)[C@H]1C(=O)N2CC[C@@H]3C(=CCn4c(=O)n(-c5ccccc5)c(=O)n43)[C@H]12. The average molecular weight is 483 g/mol. The van der Waals surface area contributed by atoms with Crippen molar-refractivity contribution in [3.8, 4) is 5.69 Å². The second-order valence-electron chi connectivity index (χ2n) is 11.3. The lowest BCUT2D eigenvalue weighted by molar-refractivity contribution is -0.163. The van der Waals surface area contributed by atoms with Crippen LogP contribution in [0.5, 0.6) is 0 Å². The topological polar surface area (TPSA) is 78.5 Å². The second-order valence-corrected chi connectivity index (χ2v) is 16.0. The zero-order valence-corrected chi connectivity index (χ0v) is 21.8. The molecule has 182 valence electrons. The molecule has 0 aliphatic carbocycles. The van der Waals surface area contributed by atoms with Crippen molar-refractivity contribution in [2.75, 3.05) is 6.54 Å². The Labute approximate surface area is 200 Å². The van der Waals surface area contributed by atoms with Crippen molar-refractivity contribution in [3.63, 3.8) is 0 Å². The van der Waals surface area contributed by atoms with E-state index in [4.69, 9.17) is 4.43 Å². The molecule has 0 bridgehead atoms. The van der Waals surface area contributed by atoms with Crippen LogP contribution in [0.25, 0.3) is 5.69 Å². The summed E-state index contributed by atoms with van der Waals surface area (Å²) in [7, 11) is -2.05. The summed E-state index contributed by atoms with van der Waals surface area (Å²) in [6.45, 7) is 13.9. The average Bonchev–Trinajstić information content (AvgIpc) is 3.02. The van der Waals surface area contributed by atoms with Gasteiger partial charge >= 0.3 is 11.4 Å². The number of carbonyl (C=O) groups is 1. The number of rotatable bonds is 4. The molecule has 5 rings (SSSR count). The van der Waals surface area contributed by atoms with Crippen LogP contribution in [0.2, 0.25) is 18.1 Å². The van der Waals surface area contributed by atoms with E-state index in [0.717, 1.165) is 5.57 Å². The number of allylic oxidation sites excluding steroid dienone is 1. The van der Waals surface area contributed by atoms with Crippen LogP contribution in [-0.2, 0) is 15.8 Å². The molecule has 3 aliphatic rings. The molecule has 2 aromatic rings. The molecule has 0 saturated carbocycles. The van der Waals surface area contributed by atoms with Crippen LogP contribution >= 0.6 is 0 Å². The quantitative estimate of drug-likeness (QED) is 0.381. The summed E-state index contributed by atoms with van der Waals surface area (Å²) >= 11 is 0. The summed E-state index contributed by atoms with van der Waals surface area (Å²) in [4.78, 5) is 41.6. The van der Waals surface area contributed by atoms with Gasteiger partial charge in [-0.05, 0) is 49.2 Å². The number of β-lactam (4-membered cyclic amide) rings is 1. The van der Waals surface area contributed by atoms with Gasteiger partial charge < -0.3 is 9.33 Å². The third-order valence-corrected chi connectivity index (χ3v) is 12.8. The van der Waals surface area contributed by atoms with E-state index in [-0.39, 0.29) is 46.4 Å². The van der Waals surface area contributed by atoms with Gasteiger partial charge in [-0.3, -0.25) is 4.79 Å². The summed E-state index contributed by atoms with van der Waals surface area (Å²) in [5.74, 6) is -0.124. The Morgan fingerprint density at radius 2 is 1.74 bits per heavy atom. The highest BCUT2D eigenvalue weighted by molar-refractivity contribution is 6.74. The third kappa shape index (κ3) is 3.24. The number of para-hydroxylation sites is 1. The smallest absolute Gasteiger partial charge is 0.352 e. The van der Waals surface area contributed by atoms with Crippen molar-refractivity contribution in [2.24, 2.45) is 5.92 Å². The number of amides is 1. The van der Waals surface area contributed by atoms with E-state index >= 15 is 0 Å². The minimum absolute atomic E-state index is 0.0523. The first-order valence-corrected chi connectivity index (χ1v) is 15.0. The normalized spacial score (nSPS) is 25.1. The van der Waals surface area contributed by atoms with Crippen molar-refractivity contribution in [3.05, 3.63) is 62.9 Å². The molecule has 2 fully saturated rings. The van der Waals surface area contributed by atoms with Crippen LogP contribution in [0.4, 0.5) is 0 Å². The van der Waals surface area contributed by atoms with Gasteiger partial charge in [-0.25, -0.2) is 23.5 Å². The molecule has 3 aliphatic heterocycles. The Morgan fingerprint density at radius 3 is 2.38 bits per heavy atom. The maximum absolute atomic E-state index is 13.5. The van der Waals surface area contributed by atoms with Crippen molar-refractivity contribution < 1.29 is 9.22 Å². The molecule has 0 radical (unpaired) electrons. The Bertz CT molecular complexity index is 1280. The lowest BCUT2D eigenvalue weighted by Gasteiger charge is -2.56. The van der Waals surface area contributed by atoms with Gasteiger partial charge in [0, 0.05) is 6.54 Å². The summed E-state index contributed by atoms with van der Waals surface area (Å²) in [5, 5.41) is 0.0523. The maximum Gasteiger partial charge on any atom is 0.352 e. The molecule has 0 unspecified atom stereocenters. The van der Waals surface area contributed by atoms with E-state index in [9.17, 15) is 14.4 Å². The number of benzene rings is 1. The zero-order chi connectivity index (χ0) is 24.6. The standard InChI is InChI=1S/C25H34N4O4Si/c1-16(33-34(5,6)25(2,3)4)20-21-18-12-15-27-23(31)28(17-10-8-7-9-11-17)24(32)29(27)19(18)13-14-26(21)22(20)30/h7-12,16,19-21H,13-15H2,1-6H3/t16-,19-,20-,21-/m1/s1. The fourth-order valence-electron chi connectivity index (χ4n) is 5.48. The van der Waals surface area contributed by atoms with Crippen LogP contribution in [-0.4, -0.2) is 51.7 Å². The maximum atomic E-state index is 13.5. The number of hydrogen-bond donors (Lipinski definition) is 0. The van der Waals surface area contributed by atoms with Crippen molar-refractivity contribution in [1.82, 2.24) is 18.8 Å². The largest absolute Gasteiger partial charge is 0.413 e. The molecule has 1 aromatic carbocycles. The van der Waals surface area contributed by atoms with Crippen LogP contribution in [0.1, 0.15) is 40.2 Å². The first-order chi connectivity index (χ1) is 15.9. The number of fused-ring (bicyclic) bond motifs is 5. The van der Waals surface area contributed by atoms with Crippen molar-refractivity contribution in [1.29, 1.82) is 0 Å². The monoisotopic (exact) mass is 482 g/mol. The van der Waals surface area contributed by atoms with Gasteiger partial charge in [-0.1, -0.05) is 45.0 Å². The van der Waals surface area contributed by atoms with Crippen LogP contribution in [0, 0.1) is 5.92 Å². The molecule has 1 amide bonds. The van der Waals surface area contributed by atoms with E-state index in [2.05, 4.69) is 39.9 Å². The Hall–Kier alpha value is -2.65. The van der Waals surface area contributed by atoms with Gasteiger partial charge in [0.25, 0.3) is 0 Å². The number of piperidine rings is 1. The molecule has 4 heterocycles. The van der Waals surface area contributed by atoms with E-state index in [1.54, 1.807) is 16.8 Å². The van der Waals surface area contributed by atoms with E-state index in [1.807, 2.05) is 30.0 Å². The molecule has 34 heavy (non-hydrogen) atoms.